The number of nitrogens with one attached hydrogen (secondary N) is 1. The third kappa shape index (κ3) is 5.40. The van der Waals surface area contributed by atoms with Gasteiger partial charge in [-0.05, 0) is 31.9 Å². The van der Waals surface area contributed by atoms with E-state index >= 15 is 0 Å². The lowest BCUT2D eigenvalue weighted by atomic mass is 10.1. The van der Waals surface area contributed by atoms with Crippen LogP contribution in [0.3, 0.4) is 0 Å². The number of hydrogen-bond donors (Lipinski definition) is 2. The third-order valence-corrected chi connectivity index (χ3v) is 3.15. The smallest absolute Gasteiger partial charge is 0.317 e. The highest BCUT2D eigenvalue weighted by Crippen LogP contribution is 2.06. The lowest BCUT2D eigenvalue weighted by Gasteiger charge is -2.23. The molecule has 1 aromatic carbocycles. The van der Waals surface area contributed by atoms with E-state index in [4.69, 9.17) is 5.11 Å². The third-order valence-electron chi connectivity index (χ3n) is 3.15. The van der Waals surface area contributed by atoms with Crippen LogP contribution in [0.5, 0.6) is 0 Å². The number of rotatable bonds is 7. The summed E-state index contributed by atoms with van der Waals surface area (Å²) in [5, 5.41) is 11.6. The van der Waals surface area contributed by atoms with Gasteiger partial charge in [-0.3, -0.25) is 14.5 Å². The molecule has 5 heteroatoms. The Labute approximate surface area is 119 Å². The average molecular weight is 278 g/mol. The van der Waals surface area contributed by atoms with Crippen molar-refractivity contribution in [1.29, 1.82) is 0 Å². The van der Waals surface area contributed by atoms with Crippen molar-refractivity contribution in [2.24, 2.45) is 0 Å². The highest BCUT2D eigenvalue weighted by molar-refractivity contribution is 5.79. The predicted molar refractivity (Wildman–Crippen MR) is 77.4 cm³/mol. The number of nitrogens with zero attached hydrogens (tertiary/aromatic N) is 1. The summed E-state index contributed by atoms with van der Waals surface area (Å²) in [6.07, 6.45) is 0. The zero-order valence-corrected chi connectivity index (χ0v) is 12.2. The Morgan fingerprint density at radius 1 is 1.25 bits per heavy atom. The van der Waals surface area contributed by atoms with Crippen molar-refractivity contribution in [3.63, 3.8) is 0 Å². The van der Waals surface area contributed by atoms with Crippen LogP contribution in [0.4, 0.5) is 0 Å². The van der Waals surface area contributed by atoms with E-state index in [-0.39, 0.29) is 25.0 Å². The first kappa shape index (κ1) is 16.2. The van der Waals surface area contributed by atoms with E-state index in [0.717, 1.165) is 11.1 Å². The molecule has 0 aromatic heterocycles. The minimum absolute atomic E-state index is 0.00955. The predicted octanol–water partition coefficient (Wildman–Crippen LogP) is 1.41. The zero-order chi connectivity index (χ0) is 15.1. The van der Waals surface area contributed by atoms with Gasteiger partial charge in [0.1, 0.15) is 0 Å². The van der Waals surface area contributed by atoms with Crippen LogP contribution in [-0.2, 0) is 16.1 Å². The first-order chi connectivity index (χ1) is 9.40. The quantitative estimate of drug-likeness (QED) is 0.791. The molecule has 0 unspecified atom stereocenters. The van der Waals surface area contributed by atoms with Crippen LogP contribution in [-0.4, -0.2) is 41.0 Å². The summed E-state index contributed by atoms with van der Waals surface area (Å²) in [4.78, 5) is 24.2. The van der Waals surface area contributed by atoms with Crippen LogP contribution in [0, 0.1) is 6.92 Å². The SMILES string of the molecule is Cc1ccccc1CNC(=O)CN(CC(=O)O)C(C)C. The second-order valence-electron chi connectivity index (χ2n) is 5.10. The number of hydrogen-bond acceptors (Lipinski definition) is 3. The molecule has 0 saturated heterocycles. The lowest BCUT2D eigenvalue weighted by molar-refractivity contribution is -0.139. The van der Waals surface area contributed by atoms with E-state index in [0.29, 0.717) is 6.54 Å². The van der Waals surface area contributed by atoms with Crippen molar-refractivity contribution in [2.45, 2.75) is 33.4 Å². The van der Waals surface area contributed by atoms with Gasteiger partial charge in [0.15, 0.2) is 0 Å². The molecular formula is C15H22N2O3. The summed E-state index contributed by atoms with van der Waals surface area (Å²) >= 11 is 0. The Balaban J connectivity index is 2.50. The Kier molecular flexibility index (Phi) is 6.18. The van der Waals surface area contributed by atoms with Gasteiger partial charge in [0.2, 0.25) is 5.91 Å². The highest BCUT2D eigenvalue weighted by atomic mass is 16.4. The molecule has 2 N–H and O–H groups in total. The fraction of sp³-hybridized carbons (Fsp3) is 0.467. The summed E-state index contributed by atoms with van der Waals surface area (Å²) in [6.45, 7) is 6.16. The van der Waals surface area contributed by atoms with E-state index in [1.165, 1.54) is 0 Å². The fourth-order valence-electron chi connectivity index (χ4n) is 1.84. The molecule has 0 heterocycles. The van der Waals surface area contributed by atoms with Crippen molar-refractivity contribution < 1.29 is 14.7 Å². The van der Waals surface area contributed by atoms with E-state index < -0.39 is 5.97 Å². The molecule has 0 spiro atoms. The maximum Gasteiger partial charge on any atom is 0.317 e. The average Bonchev–Trinajstić information content (AvgIpc) is 2.36. The van der Waals surface area contributed by atoms with Crippen molar-refractivity contribution >= 4 is 11.9 Å². The van der Waals surface area contributed by atoms with Crippen LogP contribution in [0.25, 0.3) is 0 Å². The standard InChI is InChI=1S/C15H22N2O3/c1-11(2)17(10-15(19)20)9-14(18)16-8-13-7-5-4-6-12(13)3/h4-7,11H,8-10H2,1-3H3,(H,16,18)(H,19,20). The van der Waals surface area contributed by atoms with Gasteiger partial charge in [0.25, 0.3) is 0 Å². The minimum atomic E-state index is -0.926. The first-order valence-electron chi connectivity index (χ1n) is 6.67. The van der Waals surface area contributed by atoms with Gasteiger partial charge < -0.3 is 10.4 Å². The molecule has 0 fully saturated rings. The zero-order valence-electron chi connectivity index (χ0n) is 12.2. The van der Waals surface area contributed by atoms with Gasteiger partial charge in [0.05, 0.1) is 13.1 Å². The molecule has 1 rings (SSSR count). The number of benzene rings is 1. The van der Waals surface area contributed by atoms with Crippen molar-refractivity contribution in [3.05, 3.63) is 35.4 Å². The molecule has 110 valence electrons. The fourth-order valence-corrected chi connectivity index (χ4v) is 1.84. The summed E-state index contributed by atoms with van der Waals surface area (Å²) in [5.41, 5.74) is 2.19. The number of aliphatic carboxylic acids is 1. The lowest BCUT2D eigenvalue weighted by Crippen LogP contribution is -2.43. The van der Waals surface area contributed by atoms with Gasteiger partial charge in [-0.1, -0.05) is 24.3 Å². The van der Waals surface area contributed by atoms with Gasteiger partial charge >= 0.3 is 5.97 Å². The molecule has 0 aliphatic carbocycles. The molecule has 0 aliphatic heterocycles. The summed E-state index contributed by atoms with van der Waals surface area (Å²) in [5.74, 6) is -1.09. The number of amides is 1. The number of carboxylic acids is 1. The maximum absolute atomic E-state index is 11.9. The van der Waals surface area contributed by atoms with E-state index in [1.54, 1.807) is 4.90 Å². The summed E-state index contributed by atoms with van der Waals surface area (Å²) in [6, 6.07) is 7.85. The van der Waals surface area contributed by atoms with Gasteiger partial charge in [-0.15, -0.1) is 0 Å². The Bertz CT molecular complexity index is 472. The van der Waals surface area contributed by atoms with Crippen LogP contribution < -0.4 is 5.32 Å². The molecule has 5 nitrogen and oxygen atoms in total. The molecule has 0 aliphatic rings. The number of carbonyl (C=O) groups is 2. The van der Waals surface area contributed by atoms with Crippen molar-refractivity contribution in [3.8, 4) is 0 Å². The maximum atomic E-state index is 11.9. The number of carbonyl (C=O) groups excluding carboxylic acids is 1. The molecule has 0 radical (unpaired) electrons. The first-order valence-corrected chi connectivity index (χ1v) is 6.67. The largest absolute Gasteiger partial charge is 0.480 e. The summed E-state index contributed by atoms with van der Waals surface area (Å²) in [7, 11) is 0. The monoisotopic (exact) mass is 278 g/mol. The van der Waals surface area contributed by atoms with E-state index in [1.807, 2.05) is 45.0 Å². The summed E-state index contributed by atoms with van der Waals surface area (Å²) < 4.78 is 0. The Morgan fingerprint density at radius 2 is 1.90 bits per heavy atom. The second-order valence-corrected chi connectivity index (χ2v) is 5.10. The number of aryl methyl sites for hydroxylation is 1. The van der Waals surface area contributed by atoms with Gasteiger partial charge in [-0.2, -0.15) is 0 Å². The molecular weight excluding hydrogens is 256 g/mol. The molecule has 0 bridgehead atoms. The molecule has 20 heavy (non-hydrogen) atoms. The minimum Gasteiger partial charge on any atom is -0.480 e. The van der Waals surface area contributed by atoms with Crippen LogP contribution in [0.2, 0.25) is 0 Å². The van der Waals surface area contributed by atoms with Crippen LogP contribution in [0.15, 0.2) is 24.3 Å². The highest BCUT2D eigenvalue weighted by Gasteiger charge is 2.16. The van der Waals surface area contributed by atoms with Crippen molar-refractivity contribution in [1.82, 2.24) is 10.2 Å². The van der Waals surface area contributed by atoms with Gasteiger partial charge in [0, 0.05) is 12.6 Å². The Hall–Kier alpha value is -1.88. The van der Waals surface area contributed by atoms with Crippen molar-refractivity contribution in [2.75, 3.05) is 13.1 Å². The second kappa shape index (κ2) is 7.65. The number of carboxylic acid groups (broad SMARTS) is 1. The molecule has 1 amide bonds. The van der Waals surface area contributed by atoms with E-state index in [9.17, 15) is 9.59 Å². The normalized spacial score (nSPS) is 10.8. The Morgan fingerprint density at radius 3 is 2.45 bits per heavy atom. The van der Waals surface area contributed by atoms with Crippen LogP contribution in [0.1, 0.15) is 25.0 Å². The van der Waals surface area contributed by atoms with Crippen LogP contribution >= 0.6 is 0 Å². The molecule has 0 atom stereocenters. The molecule has 1 aromatic rings. The van der Waals surface area contributed by atoms with Gasteiger partial charge in [-0.25, -0.2) is 0 Å². The topological polar surface area (TPSA) is 69.6 Å². The van der Waals surface area contributed by atoms with E-state index in [2.05, 4.69) is 5.32 Å². The molecule has 0 saturated carbocycles.